The van der Waals surface area contributed by atoms with Crippen LogP contribution in [0.5, 0.6) is 5.75 Å². The van der Waals surface area contributed by atoms with E-state index < -0.39 is 6.10 Å². The smallest absolute Gasteiger partial charge is 0.119 e. The van der Waals surface area contributed by atoms with E-state index in [2.05, 4.69) is 5.10 Å². The van der Waals surface area contributed by atoms with Crippen LogP contribution in [0, 0.1) is 0 Å². The van der Waals surface area contributed by atoms with Crippen LogP contribution in [0.2, 0.25) is 0 Å². The first-order valence-electron chi connectivity index (χ1n) is 7.00. The van der Waals surface area contributed by atoms with Crippen LogP contribution in [0.3, 0.4) is 0 Å². The summed E-state index contributed by atoms with van der Waals surface area (Å²) < 4.78 is 7.42. The van der Waals surface area contributed by atoms with Crippen LogP contribution in [0.25, 0.3) is 10.9 Å². The minimum absolute atomic E-state index is 0.259. The van der Waals surface area contributed by atoms with E-state index >= 15 is 0 Å². The molecule has 1 atom stereocenters. The number of hydrogen-bond donors (Lipinski definition) is 1. The lowest BCUT2D eigenvalue weighted by Crippen LogP contribution is -2.20. The number of aliphatic hydroxyl groups excluding tert-OH is 1. The number of aromatic nitrogens is 2. The Hall–Kier alpha value is -2.33. The van der Waals surface area contributed by atoms with E-state index in [9.17, 15) is 5.11 Å². The number of ether oxygens (including phenoxy) is 1. The zero-order chi connectivity index (χ0) is 14.7. The SMILES string of the molecule is Cn1nc(CC(O)COc2ccccc2)c2ccccc21. The van der Waals surface area contributed by atoms with E-state index in [1.165, 1.54) is 0 Å². The van der Waals surface area contributed by atoms with Crippen LogP contribution in [-0.4, -0.2) is 27.6 Å². The van der Waals surface area contributed by atoms with Gasteiger partial charge in [-0.25, -0.2) is 0 Å². The molecule has 3 rings (SSSR count). The summed E-state index contributed by atoms with van der Waals surface area (Å²) in [7, 11) is 1.92. The zero-order valence-corrected chi connectivity index (χ0v) is 11.9. The van der Waals surface area contributed by atoms with Gasteiger partial charge in [-0.2, -0.15) is 5.10 Å². The molecule has 108 valence electrons. The fourth-order valence-corrected chi connectivity index (χ4v) is 2.43. The van der Waals surface area contributed by atoms with Crippen molar-refractivity contribution in [3.8, 4) is 5.75 Å². The lowest BCUT2D eigenvalue weighted by atomic mass is 10.1. The molecule has 0 bridgehead atoms. The number of hydrogen-bond acceptors (Lipinski definition) is 3. The summed E-state index contributed by atoms with van der Waals surface area (Å²) in [5.74, 6) is 0.766. The maximum Gasteiger partial charge on any atom is 0.119 e. The molecule has 0 aliphatic rings. The Bertz CT molecular complexity index is 722. The Kier molecular flexibility index (Phi) is 3.88. The Morgan fingerprint density at radius 3 is 2.62 bits per heavy atom. The highest BCUT2D eigenvalue weighted by Gasteiger charge is 2.13. The fourth-order valence-electron chi connectivity index (χ4n) is 2.43. The number of nitrogens with zero attached hydrogens (tertiary/aromatic N) is 2. The molecule has 2 aromatic carbocycles. The number of para-hydroxylation sites is 2. The quantitative estimate of drug-likeness (QED) is 0.782. The minimum atomic E-state index is -0.580. The van der Waals surface area contributed by atoms with Crippen molar-refractivity contribution < 1.29 is 9.84 Å². The van der Waals surface area contributed by atoms with Gasteiger partial charge in [-0.15, -0.1) is 0 Å². The maximum atomic E-state index is 10.2. The van der Waals surface area contributed by atoms with Gasteiger partial charge < -0.3 is 9.84 Å². The van der Waals surface area contributed by atoms with Gasteiger partial charge in [-0.3, -0.25) is 4.68 Å². The molecule has 3 aromatic rings. The molecule has 0 saturated heterocycles. The number of aliphatic hydroxyl groups is 1. The molecule has 4 nitrogen and oxygen atoms in total. The third kappa shape index (κ3) is 3.06. The van der Waals surface area contributed by atoms with E-state index in [1.807, 2.05) is 66.3 Å². The fraction of sp³-hybridized carbons (Fsp3) is 0.235. The largest absolute Gasteiger partial charge is 0.491 e. The predicted molar refractivity (Wildman–Crippen MR) is 82.4 cm³/mol. The lowest BCUT2D eigenvalue weighted by molar-refractivity contribution is 0.107. The van der Waals surface area contributed by atoms with Gasteiger partial charge in [-0.05, 0) is 18.2 Å². The number of fused-ring (bicyclic) bond motifs is 1. The lowest BCUT2D eigenvalue weighted by Gasteiger charge is -2.11. The average Bonchev–Trinajstić information content (AvgIpc) is 2.83. The van der Waals surface area contributed by atoms with Gasteiger partial charge in [0, 0.05) is 18.9 Å². The second kappa shape index (κ2) is 5.97. The van der Waals surface area contributed by atoms with Gasteiger partial charge in [0.15, 0.2) is 0 Å². The van der Waals surface area contributed by atoms with Crippen LogP contribution in [0.4, 0.5) is 0 Å². The predicted octanol–water partition coefficient (Wildman–Crippen LogP) is 2.56. The summed E-state index contributed by atoms with van der Waals surface area (Å²) in [5.41, 5.74) is 1.97. The van der Waals surface area contributed by atoms with Gasteiger partial charge in [0.2, 0.25) is 0 Å². The summed E-state index contributed by atoms with van der Waals surface area (Å²) in [5, 5.41) is 15.7. The Balaban J connectivity index is 1.68. The highest BCUT2D eigenvalue weighted by molar-refractivity contribution is 5.81. The third-order valence-electron chi connectivity index (χ3n) is 3.45. The topological polar surface area (TPSA) is 47.3 Å². The van der Waals surface area contributed by atoms with Crippen molar-refractivity contribution >= 4 is 10.9 Å². The first kappa shape index (κ1) is 13.6. The van der Waals surface area contributed by atoms with E-state index in [-0.39, 0.29) is 6.61 Å². The van der Waals surface area contributed by atoms with E-state index in [0.717, 1.165) is 22.3 Å². The van der Waals surface area contributed by atoms with Crippen molar-refractivity contribution in [2.24, 2.45) is 7.05 Å². The highest BCUT2D eigenvalue weighted by Crippen LogP contribution is 2.19. The van der Waals surface area contributed by atoms with Crippen LogP contribution < -0.4 is 4.74 Å². The van der Waals surface area contributed by atoms with Crippen molar-refractivity contribution in [3.63, 3.8) is 0 Å². The van der Waals surface area contributed by atoms with Gasteiger partial charge >= 0.3 is 0 Å². The molecule has 0 radical (unpaired) electrons. The molecule has 1 N–H and O–H groups in total. The molecule has 0 aliphatic heterocycles. The van der Waals surface area contributed by atoms with Gasteiger partial charge in [-0.1, -0.05) is 36.4 Å². The molecule has 0 saturated carbocycles. The van der Waals surface area contributed by atoms with E-state index in [0.29, 0.717) is 6.42 Å². The highest BCUT2D eigenvalue weighted by atomic mass is 16.5. The Labute approximate surface area is 123 Å². The van der Waals surface area contributed by atoms with Crippen molar-refractivity contribution in [2.45, 2.75) is 12.5 Å². The van der Waals surface area contributed by atoms with Crippen molar-refractivity contribution in [3.05, 3.63) is 60.3 Å². The number of rotatable bonds is 5. The van der Waals surface area contributed by atoms with Crippen LogP contribution in [0.1, 0.15) is 5.69 Å². The van der Waals surface area contributed by atoms with Crippen LogP contribution >= 0.6 is 0 Å². The molecule has 1 unspecified atom stereocenters. The van der Waals surface area contributed by atoms with Gasteiger partial charge in [0.1, 0.15) is 12.4 Å². The number of aryl methyl sites for hydroxylation is 1. The van der Waals surface area contributed by atoms with Crippen LogP contribution in [-0.2, 0) is 13.5 Å². The summed E-state index contributed by atoms with van der Waals surface area (Å²) in [4.78, 5) is 0. The minimum Gasteiger partial charge on any atom is -0.491 e. The van der Waals surface area contributed by atoms with Crippen molar-refractivity contribution in [2.75, 3.05) is 6.61 Å². The number of benzene rings is 2. The normalized spacial score (nSPS) is 12.5. The summed E-state index contributed by atoms with van der Waals surface area (Å²) in [6.07, 6.45) is -0.0997. The molecule has 0 fully saturated rings. The monoisotopic (exact) mass is 282 g/mol. The molecule has 0 amide bonds. The molecular formula is C17H18N2O2. The summed E-state index contributed by atoms with van der Waals surface area (Å²) in [6.45, 7) is 0.259. The molecule has 1 aromatic heterocycles. The zero-order valence-electron chi connectivity index (χ0n) is 11.9. The van der Waals surface area contributed by atoms with E-state index in [4.69, 9.17) is 4.74 Å². The third-order valence-corrected chi connectivity index (χ3v) is 3.45. The maximum absolute atomic E-state index is 10.2. The molecule has 4 heteroatoms. The van der Waals surface area contributed by atoms with E-state index in [1.54, 1.807) is 0 Å². The molecule has 21 heavy (non-hydrogen) atoms. The summed E-state index contributed by atoms with van der Waals surface area (Å²) >= 11 is 0. The van der Waals surface area contributed by atoms with Crippen molar-refractivity contribution in [1.29, 1.82) is 0 Å². The molecule has 1 heterocycles. The first-order valence-corrected chi connectivity index (χ1v) is 7.00. The molecule has 0 aliphatic carbocycles. The summed E-state index contributed by atoms with van der Waals surface area (Å²) in [6, 6.07) is 17.5. The van der Waals surface area contributed by atoms with Gasteiger partial charge in [0.05, 0.1) is 17.3 Å². The standard InChI is InChI=1S/C17H18N2O2/c1-19-17-10-6-5-9-15(17)16(18-19)11-13(20)12-21-14-7-3-2-4-8-14/h2-10,13,20H,11-12H2,1H3. The molecule has 0 spiro atoms. The average molecular weight is 282 g/mol. The molecular weight excluding hydrogens is 264 g/mol. The Morgan fingerprint density at radius 1 is 1.10 bits per heavy atom. The van der Waals surface area contributed by atoms with Crippen molar-refractivity contribution in [1.82, 2.24) is 9.78 Å². The second-order valence-electron chi connectivity index (χ2n) is 5.07. The van der Waals surface area contributed by atoms with Gasteiger partial charge in [0.25, 0.3) is 0 Å². The Morgan fingerprint density at radius 2 is 1.81 bits per heavy atom. The second-order valence-corrected chi connectivity index (χ2v) is 5.07. The first-order chi connectivity index (χ1) is 10.2. The van der Waals surface area contributed by atoms with Crippen LogP contribution in [0.15, 0.2) is 54.6 Å².